The van der Waals surface area contributed by atoms with Gasteiger partial charge >= 0.3 is 12.1 Å². The number of rotatable bonds is 5. The van der Waals surface area contributed by atoms with Crippen molar-refractivity contribution in [3.63, 3.8) is 0 Å². The lowest BCUT2D eigenvalue weighted by Crippen LogP contribution is -2.47. The lowest BCUT2D eigenvalue weighted by atomic mass is 10.2. The highest BCUT2D eigenvalue weighted by atomic mass is 19.1. The molecule has 1 amide bonds. The third kappa shape index (κ3) is 6.43. The molecule has 0 aliphatic rings. The highest BCUT2D eigenvalue weighted by molar-refractivity contribution is 5.81. The van der Waals surface area contributed by atoms with Gasteiger partial charge in [-0.25, -0.2) is 14.0 Å². The molecular formula is C15H20FNO5. The summed E-state index contributed by atoms with van der Waals surface area (Å²) in [6, 6.07) is 4.37. The normalized spacial score (nSPS) is 12.2. The van der Waals surface area contributed by atoms with Crippen molar-refractivity contribution in [2.45, 2.75) is 32.4 Å². The van der Waals surface area contributed by atoms with Crippen LogP contribution in [0.5, 0.6) is 5.75 Å². The van der Waals surface area contributed by atoms with E-state index in [0.717, 1.165) is 0 Å². The third-order valence-electron chi connectivity index (χ3n) is 2.39. The number of benzene rings is 1. The zero-order chi connectivity index (χ0) is 16.8. The van der Waals surface area contributed by atoms with Gasteiger partial charge < -0.3 is 19.5 Å². The first-order valence-corrected chi connectivity index (χ1v) is 6.67. The molecule has 0 saturated heterocycles. The molecular weight excluding hydrogens is 293 g/mol. The summed E-state index contributed by atoms with van der Waals surface area (Å²) in [6.07, 6.45) is -0.772. The summed E-state index contributed by atoms with van der Waals surface area (Å²) in [5, 5.41) is 2.35. The molecule has 0 fully saturated rings. The van der Waals surface area contributed by atoms with Crippen LogP contribution in [0.15, 0.2) is 24.3 Å². The molecule has 0 aliphatic carbocycles. The fraction of sp³-hybridized carbons (Fsp3) is 0.467. The minimum Gasteiger partial charge on any atom is -0.491 e. The van der Waals surface area contributed by atoms with Crippen molar-refractivity contribution in [3.8, 4) is 5.75 Å². The van der Waals surface area contributed by atoms with Crippen molar-refractivity contribution in [2.75, 3.05) is 13.7 Å². The van der Waals surface area contributed by atoms with Gasteiger partial charge in [-0.05, 0) is 32.9 Å². The van der Waals surface area contributed by atoms with Crippen molar-refractivity contribution in [3.05, 3.63) is 30.1 Å². The number of carbonyl (C=O) groups is 2. The Labute approximate surface area is 128 Å². The van der Waals surface area contributed by atoms with E-state index >= 15 is 0 Å². The summed E-state index contributed by atoms with van der Waals surface area (Å²) in [5.74, 6) is -0.922. The van der Waals surface area contributed by atoms with Gasteiger partial charge in [-0.15, -0.1) is 0 Å². The quantitative estimate of drug-likeness (QED) is 0.844. The number of esters is 1. The molecule has 122 valence electrons. The van der Waals surface area contributed by atoms with Crippen LogP contribution in [0.25, 0.3) is 0 Å². The number of methoxy groups -OCH3 is 1. The van der Waals surface area contributed by atoms with Crippen LogP contribution < -0.4 is 10.1 Å². The average Bonchev–Trinajstić information content (AvgIpc) is 2.40. The molecule has 1 unspecified atom stereocenters. The van der Waals surface area contributed by atoms with Gasteiger partial charge in [-0.3, -0.25) is 0 Å². The number of hydrogen-bond acceptors (Lipinski definition) is 5. The monoisotopic (exact) mass is 313 g/mol. The molecule has 0 heterocycles. The van der Waals surface area contributed by atoms with Crippen LogP contribution in [0.3, 0.4) is 0 Å². The molecule has 1 rings (SSSR count). The van der Waals surface area contributed by atoms with Crippen molar-refractivity contribution < 1.29 is 28.2 Å². The fourth-order valence-electron chi connectivity index (χ4n) is 1.50. The predicted molar refractivity (Wildman–Crippen MR) is 77.1 cm³/mol. The fourth-order valence-corrected chi connectivity index (χ4v) is 1.50. The summed E-state index contributed by atoms with van der Waals surface area (Å²) in [6.45, 7) is 4.88. The van der Waals surface area contributed by atoms with E-state index in [2.05, 4.69) is 10.1 Å². The van der Waals surface area contributed by atoms with Crippen molar-refractivity contribution in [1.82, 2.24) is 5.32 Å². The van der Waals surface area contributed by atoms with Crippen LogP contribution in [0.2, 0.25) is 0 Å². The molecule has 0 radical (unpaired) electrons. The molecule has 6 nitrogen and oxygen atoms in total. The summed E-state index contributed by atoms with van der Waals surface area (Å²) < 4.78 is 28.0. The predicted octanol–water partition coefficient (Wildman–Crippen LogP) is 2.27. The Morgan fingerprint density at radius 3 is 2.55 bits per heavy atom. The number of ether oxygens (including phenoxy) is 3. The van der Waals surface area contributed by atoms with Gasteiger partial charge in [0.1, 0.15) is 23.8 Å². The third-order valence-corrected chi connectivity index (χ3v) is 2.39. The van der Waals surface area contributed by atoms with Crippen LogP contribution in [0.1, 0.15) is 20.8 Å². The number of halogens is 1. The standard InChI is InChI=1S/C15H20FNO5/c1-15(2,3)22-14(19)17-12(13(18)20-4)9-21-11-7-5-6-10(16)8-11/h5-8,12H,9H2,1-4H3,(H,17,19). The highest BCUT2D eigenvalue weighted by Crippen LogP contribution is 2.12. The van der Waals surface area contributed by atoms with Gasteiger partial charge in [0, 0.05) is 6.07 Å². The van der Waals surface area contributed by atoms with E-state index in [9.17, 15) is 14.0 Å². The van der Waals surface area contributed by atoms with Crippen LogP contribution in [-0.4, -0.2) is 37.4 Å². The van der Waals surface area contributed by atoms with Crippen molar-refractivity contribution in [1.29, 1.82) is 0 Å². The molecule has 0 saturated carbocycles. The molecule has 0 aromatic heterocycles. The first kappa shape index (κ1) is 17.7. The van der Waals surface area contributed by atoms with Crippen LogP contribution in [-0.2, 0) is 14.3 Å². The minimum atomic E-state index is -1.07. The maximum atomic E-state index is 13.1. The Morgan fingerprint density at radius 2 is 2.00 bits per heavy atom. The summed E-state index contributed by atoms with van der Waals surface area (Å²) in [4.78, 5) is 23.4. The average molecular weight is 313 g/mol. The lowest BCUT2D eigenvalue weighted by Gasteiger charge is -2.22. The van der Waals surface area contributed by atoms with E-state index in [1.54, 1.807) is 20.8 Å². The van der Waals surface area contributed by atoms with Gasteiger partial charge in [0.2, 0.25) is 0 Å². The van der Waals surface area contributed by atoms with E-state index in [1.165, 1.54) is 31.4 Å². The maximum absolute atomic E-state index is 13.1. The van der Waals surface area contributed by atoms with Gasteiger partial charge in [0.25, 0.3) is 0 Å². The Balaban J connectivity index is 2.65. The van der Waals surface area contributed by atoms with Gasteiger partial charge in [-0.2, -0.15) is 0 Å². The van der Waals surface area contributed by atoms with Crippen LogP contribution in [0, 0.1) is 5.82 Å². The van der Waals surface area contributed by atoms with Crippen molar-refractivity contribution >= 4 is 12.1 Å². The van der Waals surface area contributed by atoms with E-state index < -0.39 is 29.5 Å². The zero-order valence-corrected chi connectivity index (χ0v) is 13.0. The number of carbonyl (C=O) groups excluding carboxylic acids is 2. The molecule has 1 N–H and O–H groups in total. The van der Waals surface area contributed by atoms with Crippen LogP contribution >= 0.6 is 0 Å². The van der Waals surface area contributed by atoms with E-state index in [1.807, 2.05) is 0 Å². The lowest BCUT2D eigenvalue weighted by molar-refractivity contribution is -0.143. The van der Waals surface area contributed by atoms with Crippen molar-refractivity contribution in [2.24, 2.45) is 0 Å². The van der Waals surface area contributed by atoms with Gasteiger partial charge in [-0.1, -0.05) is 6.07 Å². The van der Waals surface area contributed by atoms with E-state index in [-0.39, 0.29) is 12.4 Å². The van der Waals surface area contributed by atoms with E-state index in [0.29, 0.717) is 0 Å². The SMILES string of the molecule is COC(=O)C(COc1cccc(F)c1)NC(=O)OC(C)(C)C. The Morgan fingerprint density at radius 1 is 1.32 bits per heavy atom. The molecule has 1 aromatic carbocycles. The number of amides is 1. The smallest absolute Gasteiger partial charge is 0.408 e. The largest absolute Gasteiger partial charge is 0.491 e. The summed E-state index contributed by atoms with van der Waals surface area (Å²) >= 11 is 0. The highest BCUT2D eigenvalue weighted by Gasteiger charge is 2.25. The molecule has 1 aromatic rings. The summed E-state index contributed by atoms with van der Waals surface area (Å²) in [7, 11) is 1.19. The maximum Gasteiger partial charge on any atom is 0.408 e. The number of alkyl carbamates (subject to hydrolysis) is 1. The first-order chi connectivity index (χ1) is 10.2. The molecule has 0 aliphatic heterocycles. The number of hydrogen-bond donors (Lipinski definition) is 1. The molecule has 22 heavy (non-hydrogen) atoms. The second kappa shape index (κ2) is 7.63. The topological polar surface area (TPSA) is 73.9 Å². The molecule has 0 bridgehead atoms. The summed E-state index contributed by atoms with van der Waals surface area (Å²) in [5.41, 5.74) is -0.700. The zero-order valence-electron chi connectivity index (χ0n) is 13.0. The second-order valence-corrected chi connectivity index (χ2v) is 5.49. The second-order valence-electron chi connectivity index (χ2n) is 5.49. The van der Waals surface area contributed by atoms with Gasteiger partial charge in [0.05, 0.1) is 7.11 Å². The number of nitrogens with one attached hydrogen (secondary N) is 1. The first-order valence-electron chi connectivity index (χ1n) is 6.67. The Kier molecular flexibility index (Phi) is 6.15. The molecule has 0 spiro atoms. The van der Waals surface area contributed by atoms with Gasteiger partial charge in [0.15, 0.2) is 6.04 Å². The molecule has 1 atom stereocenters. The molecule has 7 heteroatoms. The Hall–Kier alpha value is -2.31. The minimum absolute atomic E-state index is 0.213. The van der Waals surface area contributed by atoms with Crippen LogP contribution in [0.4, 0.5) is 9.18 Å². The Bertz CT molecular complexity index is 527. The van der Waals surface area contributed by atoms with E-state index in [4.69, 9.17) is 9.47 Å².